The van der Waals surface area contributed by atoms with Crippen LogP contribution in [0, 0.1) is 0 Å². The summed E-state index contributed by atoms with van der Waals surface area (Å²) in [6, 6.07) is 6.85. The summed E-state index contributed by atoms with van der Waals surface area (Å²) in [5.41, 5.74) is 1.44. The maximum atomic E-state index is 11.1. The standard InChI is InChI=1S/C14H16N2O4/c1-4-9-7-11(14(17)18)15-16(9)12-8-10(19-2)5-6-13(12)20-3/h5-8H,4H2,1-3H3,(H,17,18). The Labute approximate surface area is 116 Å². The van der Waals surface area contributed by atoms with Crippen LogP contribution in [0.25, 0.3) is 5.69 Å². The second-order valence-corrected chi connectivity index (χ2v) is 4.13. The van der Waals surface area contributed by atoms with Crippen molar-refractivity contribution in [2.75, 3.05) is 14.2 Å². The smallest absolute Gasteiger partial charge is 0.356 e. The van der Waals surface area contributed by atoms with Crippen molar-refractivity contribution in [3.05, 3.63) is 35.7 Å². The van der Waals surface area contributed by atoms with E-state index in [1.54, 1.807) is 43.2 Å². The summed E-state index contributed by atoms with van der Waals surface area (Å²) in [6.45, 7) is 1.94. The third-order valence-corrected chi connectivity index (χ3v) is 2.98. The largest absolute Gasteiger partial charge is 0.497 e. The van der Waals surface area contributed by atoms with Gasteiger partial charge in [0.05, 0.1) is 14.2 Å². The second kappa shape index (κ2) is 5.64. The van der Waals surface area contributed by atoms with Crippen molar-refractivity contribution in [2.24, 2.45) is 0 Å². The molecule has 0 radical (unpaired) electrons. The fourth-order valence-corrected chi connectivity index (χ4v) is 1.95. The van der Waals surface area contributed by atoms with Crippen molar-refractivity contribution >= 4 is 5.97 Å². The normalized spacial score (nSPS) is 10.3. The van der Waals surface area contributed by atoms with E-state index in [0.29, 0.717) is 23.6 Å². The monoisotopic (exact) mass is 276 g/mol. The van der Waals surface area contributed by atoms with Crippen molar-refractivity contribution in [3.63, 3.8) is 0 Å². The molecule has 1 N–H and O–H groups in total. The molecule has 0 amide bonds. The van der Waals surface area contributed by atoms with Gasteiger partial charge in [0.2, 0.25) is 0 Å². The summed E-state index contributed by atoms with van der Waals surface area (Å²) in [4.78, 5) is 11.1. The van der Waals surface area contributed by atoms with Crippen LogP contribution in [-0.2, 0) is 6.42 Å². The summed E-state index contributed by atoms with van der Waals surface area (Å²) in [5.74, 6) is 0.191. The molecule has 1 aromatic carbocycles. The first-order chi connectivity index (χ1) is 9.60. The van der Waals surface area contributed by atoms with Gasteiger partial charge in [0.25, 0.3) is 0 Å². The van der Waals surface area contributed by atoms with E-state index < -0.39 is 5.97 Å². The van der Waals surface area contributed by atoms with E-state index in [0.717, 1.165) is 5.69 Å². The number of rotatable bonds is 5. The van der Waals surface area contributed by atoms with Crippen molar-refractivity contribution in [1.82, 2.24) is 9.78 Å². The lowest BCUT2D eigenvalue weighted by Crippen LogP contribution is -2.05. The van der Waals surface area contributed by atoms with Gasteiger partial charge in [-0.15, -0.1) is 0 Å². The summed E-state index contributed by atoms with van der Waals surface area (Å²) in [7, 11) is 3.12. The van der Waals surface area contributed by atoms with Gasteiger partial charge in [0.1, 0.15) is 17.2 Å². The lowest BCUT2D eigenvalue weighted by atomic mass is 10.2. The molecule has 0 spiro atoms. The van der Waals surface area contributed by atoms with Crippen LogP contribution in [0.5, 0.6) is 11.5 Å². The molecule has 20 heavy (non-hydrogen) atoms. The number of aromatic nitrogens is 2. The van der Waals surface area contributed by atoms with Crippen LogP contribution in [0.2, 0.25) is 0 Å². The molecular formula is C14H16N2O4. The first kappa shape index (κ1) is 13.9. The van der Waals surface area contributed by atoms with Crippen LogP contribution in [-0.4, -0.2) is 35.1 Å². The summed E-state index contributed by atoms with van der Waals surface area (Å²) in [6.07, 6.45) is 0.653. The molecule has 106 valence electrons. The van der Waals surface area contributed by atoms with E-state index in [4.69, 9.17) is 14.6 Å². The summed E-state index contributed by atoms with van der Waals surface area (Å²) < 4.78 is 12.1. The fraction of sp³-hybridized carbons (Fsp3) is 0.286. The Morgan fingerprint density at radius 3 is 2.60 bits per heavy atom. The third kappa shape index (κ3) is 2.45. The van der Waals surface area contributed by atoms with Gasteiger partial charge in [0.15, 0.2) is 5.69 Å². The minimum absolute atomic E-state index is 0.00622. The molecular weight excluding hydrogens is 260 g/mol. The lowest BCUT2D eigenvalue weighted by molar-refractivity contribution is 0.0690. The SMILES string of the molecule is CCc1cc(C(=O)O)nn1-c1cc(OC)ccc1OC. The van der Waals surface area contributed by atoms with Gasteiger partial charge in [-0.05, 0) is 24.6 Å². The van der Waals surface area contributed by atoms with Crippen molar-refractivity contribution < 1.29 is 19.4 Å². The average Bonchev–Trinajstić information content (AvgIpc) is 2.90. The van der Waals surface area contributed by atoms with Crippen molar-refractivity contribution in [1.29, 1.82) is 0 Å². The predicted octanol–water partition coefficient (Wildman–Crippen LogP) is 2.15. The first-order valence-electron chi connectivity index (χ1n) is 6.15. The molecule has 0 fully saturated rings. The van der Waals surface area contributed by atoms with Crippen LogP contribution in [0.1, 0.15) is 23.1 Å². The molecule has 2 rings (SSSR count). The zero-order chi connectivity index (χ0) is 14.7. The Bertz CT molecular complexity index is 634. The average molecular weight is 276 g/mol. The van der Waals surface area contributed by atoms with Gasteiger partial charge in [-0.1, -0.05) is 6.92 Å². The Morgan fingerprint density at radius 1 is 1.30 bits per heavy atom. The number of ether oxygens (including phenoxy) is 2. The molecule has 2 aromatic rings. The highest BCUT2D eigenvalue weighted by Gasteiger charge is 2.16. The fourth-order valence-electron chi connectivity index (χ4n) is 1.95. The molecule has 0 aliphatic rings. The van der Waals surface area contributed by atoms with E-state index in [-0.39, 0.29) is 5.69 Å². The minimum Gasteiger partial charge on any atom is -0.497 e. The molecule has 0 saturated heterocycles. The van der Waals surface area contributed by atoms with E-state index in [2.05, 4.69) is 5.10 Å². The molecule has 0 bridgehead atoms. The molecule has 6 nitrogen and oxygen atoms in total. The van der Waals surface area contributed by atoms with Gasteiger partial charge < -0.3 is 14.6 Å². The topological polar surface area (TPSA) is 73.6 Å². The van der Waals surface area contributed by atoms with Crippen molar-refractivity contribution in [2.45, 2.75) is 13.3 Å². The highest BCUT2D eigenvalue weighted by atomic mass is 16.5. The van der Waals surface area contributed by atoms with Crippen LogP contribution in [0.15, 0.2) is 24.3 Å². The number of methoxy groups -OCH3 is 2. The molecule has 0 aliphatic heterocycles. The van der Waals surface area contributed by atoms with Crippen LogP contribution >= 0.6 is 0 Å². The maximum Gasteiger partial charge on any atom is 0.356 e. The van der Waals surface area contributed by atoms with Gasteiger partial charge in [-0.2, -0.15) is 5.10 Å². The number of carbonyl (C=O) groups is 1. The number of aryl methyl sites for hydroxylation is 1. The van der Waals surface area contributed by atoms with Gasteiger partial charge in [-0.3, -0.25) is 0 Å². The van der Waals surface area contributed by atoms with Crippen LogP contribution in [0.4, 0.5) is 0 Å². The van der Waals surface area contributed by atoms with Crippen molar-refractivity contribution in [3.8, 4) is 17.2 Å². The Morgan fingerprint density at radius 2 is 2.05 bits per heavy atom. The Balaban J connectivity index is 2.62. The molecule has 1 heterocycles. The zero-order valence-corrected chi connectivity index (χ0v) is 11.6. The Kier molecular flexibility index (Phi) is 3.93. The van der Waals surface area contributed by atoms with E-state index in [1.165, 1.54) is 0 Å². The number of hydrogen-bond donors (Lipinski definition) is 1. The third-order valence-electron chi connectivity index (χ3n) is 2.98. The van der Waals surface area contributed by atoms with Crippen LogP contribution < -0.4 is 9.47 Å². The second-order valence-electron chi connectivity index (χ2n) is 4.13. The summed E-state index contributed by atoms with van der Waals surface area (Å²) >= 11 is 0. The van der Waals surface area contributed by atoms with E-state index in [9.17, 15) is 4.79 Å². The number of hydrogen-bond acceptors (Lipinski definition) is 4. The highest BCUT2D eigenvalue weighted by molar-refractivity contribution is 5.85. The molecule has 1 aromatic heterocycles. The number of aromatic carboxylic acids is 1. The zero-order valence-electron chi connectivity index (χ0n) is 11.6. The molecule has 0 saturated carbocycles. The lowest BCUT2D eigenvalue weighted by Gasteiger charge is -2.12. The van der Waals surface area contributed by atoms with Gasteiger partial charge in [0, 0.05) is 11.8 Å². The molecule has 0 atom stereocenters. The molecule has 6 heteroatoms. The number of carboxylic acids is 1. The van der Waals surface area contributed by atoms with Gasteiger partial charge >= 0.3 is 5.97 Å². The first-order valence-corrected chi connectivity index (χ1v) is 6.15. The number of carboxylic acid groups (broad SMARTS) is 1. The van der Waals surface area contributed by atoms with Gasteiger partial charge in [-0.25, -0.2) is 9.48 Å². The minimum atomic E-state index is -1.06. The molecule has 0 unspecified atom stereocenters. The highest BCUT2D eigenvalue weighted by Crippen LogP contribution is 2.28. The predicted molar refractivity (Wildman–Crippen MR) is 73.0 cm³/mol. The maximum absolute atomic E-state index is 11.1. The van der Waals surface area contributed by atoms with Crippen LogP contribution in [0.3, 0.4) is 0 Å². The quantitative estimate of drug-likeness (QED) is 0.905. The Hall–Kier alpha value is -2.50. The number of benzene rings is 1. The van der Waals surface area contributed by atoms with E-state index in [1.807, 2.05) is 6.92 Å². The number of nitrogens with zero attached hydrogens (tertiary/aromatic N) is 2. The summed E-state index contributed by atoms with van der Waals surface area (Å²) in [5, 5.41) is 13.2. The van der Waals surface area contributed by atoms with E-state index >= 15 is 0 Å². The molecule has 0 aliphatic carbocycles.